The van der Waals surface area contributed by atoms with Crippen molar-refractivity contribution in [2.45, 2.75) is 6.18 Å². The van der Waals surface area contributed by atoms with E-state index in [9.17, 15) is 18.0 Å². The lowest BCUT2D eigenvalue weighted by Gasteiger charge is -2.05. The number of alkyl halides is 3. The zero-order valence-electron chi connectivity index (χ0n) is 9.15. The van der Waals surface area contributed by atoms with Crippen LogP contribution in [0, 0.1) is 0 Å². The van der Waals surface area contributed by atoms with Gasteiger partial charge in [0.2, 0.25) is 0 Å². The summed E-state index contributed by atoms with van der Waals surface area (Å²) in [6, 6.07) is 1.47. The van der Waals surface area contributed by atoms with Crippen LogP contribution in [-0.4, -0.2) is 20.6 Å². The largest absolute Gasteiger partial charge is 0.478 e. The molecular weight excluding hydrogens is 329 g/mol. The first kappa shape index (κ1) is 13.6. The summed E-state index contributed by atoms with van der Waals surface area (Å²) in [4.78, 5) is 14.6. The van der Waals surface area contributed by atoms with Crippen molar-refractivity contribution in [3.8, 4) is 5.69 Å². The second-order valence-corrected chi connectivity index (χ2v) is 4.48. The van der Waals surface area contributed by atoms with Crippen molar-refractivity contribution >= 4 is 21.9 Å². The number of pyridine rings is 1. The number of aromatic nitrogens is 2. The van der Waals surface area contributed by atoms with Gasteiger partial charge < -0.3 is 9.67 Å². The van der Waals surface area contributed by atoms with Crippen LogP contribution in [0.2, 0.25) is 0 Å². The molecule has 19 heavy (non-hydrogen) atoms. The van der Waals surface area contributed by atoms with Crippen LogP contribution in [0.1, 0.15) is 15.9 Å². The summed E-state index contributed by atoms with van der Waals surface area (Å²) < 4.78 is 39.8. The molecule has 8 heteroatoms. The SMILES string of the molecule is O=C(O)c1cn(-c2ccncc2Br)cc1C(F)(F)F. The summed E-state index contributed by atoms with van der Waals surface area (Å²) in [7, 11) is 0. The fraction of sp³-hybridized carbons (Fsp3) is 0.0909. The predicted octanol–water partition coefficient (Wildman–Crippen LogP) is 3.35. The molecule has 2 rings (SSSR count). The zero-order chi connectivity index (χ0) is 14.2. The minimum atomic E-state index is -4.72. The van der Waals surface area contributed by atoms with Crippen molar-refractivity contribution in [1.29, 1.82) is 0 Å². The highest BCUT2D eigenvalue weighted by Gasteiger charge is 2.37. The number of nitrogens with zero attached hydrogens (tertiary/aromatic N) is 2. The van der Waals surface area contributed by atoms with Crippen molar-refractivity contribution in [1.82, 2.24) is 9.55 Å². The summed E-state index contributed by atoms with van der Waals surface area (Å²) in [5, 5.41) is 8.82. The lowest BCUT2D eigenvalue weighted by atomic mass is 10.2. The summed E-state index contributed by atoms with van der Waals surface area (Å²) in [5.74, 6) is -1.63. The highest BCUT2D eigenvalue weighted by Crippen LogP contribution is 2.34. The number of hydrogen-bond donors (Lipinski definition) is 1. The molecular formula is C11H6BrF3N2O2. The van der Waals surface area contributed by atoms with Gasteiger partial charge in [0.1, 0.15) is 0 Å². The number of carbonyl (C=O) groups is 1. The topological polar surface area (TPSA) is 55.1 Å². The molecule has 0 aliphatic heterocycles. The summed E-state index contributed by atoms with van der Waals surface area (Å²) in [5.41, 5.74) is -1.62. The molecule has 0 amide bonds. The molecule has 0 saturated heterocycles. The summed E-state index contributed by atoms with van der Waals surface area (Å²) in [6.07, 6.45) is -0.260. The van der Waals surface area contributed by atoms with E-state index >= 15 is 0 Å². The van der Waals surface area contributed by atoms with Crippen LogP contribution in [0.3, 0.4) is 0 Å². The van der Waals surface area contributed by atoms with Gasteiger partial charge in [-0.2, -0.15) is 13.2 Å². The van der Waals surface area contributed by atoms with Crippen LogP contribution in [0.4, 0.5) is 13.2 Å². The van der Waals surface area contributed by atoms with Gasteiger partial charge in [0, 0.05) is 24.8 Å². The second-order valence-electron chi connectivity index (χ2n) is 3.62. The monoisotopic (exact) mass is 334 g/mol. The van der Waals surface area contributed by atoms with Crippen molar-refractivity contribution in [2.24, 2.45) is 0 Å². The standard InChI is InChI=1S/C11H6BrF3N2O2/c12-8-3-16-2-1-9(8)17-4-6(10(18)19)7(5-17)11(13,14)15/h1-5H,(H,18,19). The number of aromatic carboxylic acids is 1. The third-order valence-electron chi connectivity index (χ3n) is 2.39. The molecule has 0 bridgehead atoms. The van der Waals surface area contributed by atoms with E-state index in [1.165, 1.54) is 18.5 Å². The molecule has 0 radical (unpaired) electrons. The average Bonchev–Trinajstić information content (AvgIpc) is 2.74. The van der Waals surface area contributed by atoms with Crippen LogP contribution < -0.4 is 0 Å². The smallest absolute Gasteiger partial charge is 0.418 e. The molecule has 0 unspecified atom stereocenters. The van der Waals surface area contributed by atoms with Gasteiger partial charge >= 0.3 is 12.1 Å². The Kier molecular flexibility index (Phi) is 3.36. The maximum Gasteiger partial charge on any atom is 0.418 e. The van der Waals surface area contributed by atoms with Gasteiger partial charge in [0.05, 0.1) is 21.3 Å². The van der Waals surface area contributed by atoms with Gasteiger partial charge in [-0.05, 0) is 22.0 Å². The van der Waals surface area contributed by atoms with Gasteiger partial charge in [-0.3, -0.25) is 4.98 Å². The van der Waals surface area contributed by atoms with Gasteiger partial charge in [-0.25, -0.2) is 4.79 Å². The second kappa shape index (κ2) is 4.69. The first-order chi connectivity index (χ1) is 8.80. The molecule has 0 aliphatic carbocycles. The Labute approximate surface area is 113 Å². The maximum absolute atomic E-state index is 12.7. The van der Waals surface area contributed by atoms with Crippen molar-refractivity contribution < 1.29 is 23.1 Å². The predicted molar refractivity (Wildman–Crippen MR) is 63.2 cm³/mol. The van der Waals surface area contributed by atoms with E-state index in [0.29, 0.717) is 10.2 Å². The molecule has 0 atom stereocenters. The highest BCUT2D eigenvalue weighted by atomic mass is 79.9. The lowest BCUT2D eigenvalue weighted by Crippen LogP contribution is -2.09. The third-order valence-corrected chi connectivity index (χ3v) is 3.00. The molecule has 0 fully saturated rings. The average molecular weight is 335 g/mol. The Hall–Kier alpha value is -1.83. The fourth-order valence-electron chi connectivity index (χ4n) is 1.57. The Morgan fingerprint density at radius 2 is 2.05 bits per heavy atom. The molecule has 100 valence electrons. The first-order valence-corrected chi connectivity index (χ1v) is 5.72. The van der Waals surface area contributed by atoms with E-state index in [4.69, 9.17) is 5.11 Å². The lowest BCUT2D eigenvalue weighted by molar-refractivity contribution is -0.138. The molecule has 0 aromatic carbocycles. The minimum absolute atomic E-state index is 0.369. The van der Waals surface area contributed by atoms with Gasteiger partial charge in [0.25, 0.3) is 0 Å². The molecule has 2 aromatic heterocycles. The molecule has 1 N–H and O–H groups in total. The number of halogens is 4. The molecule has 4 nitrogen and oxygen atoms in total. The fourth-order valence-corrected chi connectivity index (χ4v) is 2.02. The van der Waals surface area contributed by atoms with Gasteiger partial charge in [-0.1, -0.05) is 0 Å². The molecule has 2 aromatic rings. The van der Waals surface area contributed by atoms with Gasteiger partial charge in [0.15, 0.2) is 0 Å². The molecule has 0 spiro atoms. The Morgan fingerprint density at radius 1 is 1.37 bits per heavy atom. The van der Waals surface area contributed by atoms with E-state index < -0.39 is 23.3 Å². The first-order valence-electron chi connectivity index (χ1n) is 4.93. The van der Waals surface area contributed by atoms with Crippen LogP contribution in [0.15, 0.2) is 35.3 Å². The van der Waals surface area contributed by atoms with Crippen LogP contribution in [0.5, 0.6) is 0 Å². The Morgan fingerprint density at radius 3 is 2.53 bits per heavy atom. The quantitative estimate of drug-likeness (QED) is 0.916. The third kappa shape index (κ3) is 2.62. The number of carboxylic acid groups (broad SMARTS) is 1. The summed E-state index contributed by atoms with van der Waals surface area (Å²) in [6.45, 7) is 0. The van der Waals surface area contributed by atoms with Crippen LogP contribution >= 0.6 is 15.9 Å². The van der Waals surface area contributed by atoms with E-state index in [2.05, 4.69) is 20.9 Å². The molecule has 0 saturated carbocycles. The Balaban J connectivity index is 2.62. The maximum atomic E-state index is 12.7. The summed E-state index contributed by atoms with van der Waals surface area (Å²) >= 11 is 3.14. The minimum Gasteiger partial charge on any atom is -0.478 e. The molecule has 2 heterocycles. The number of rotatable bonds is 2. The number of hydrogen-bond acceptors (Lipinski definition) is 2. The van der Waals surface area contributed by atoms with Crippen molar-refractivity contribution in [2.75, 3.05) is 0 Å². The highest BCUT2D eigenvalue weighted by molar-refractivity contribution is 9.10. The Bertz CT molecular complexity index is 637. The van der Waals surface area contributed by atoms with Crippen LogP contribution in [-0.2, 0) is 6.18 Å². The van der Waals surface area contributed by atoms with Crippen molar-refractivity contribution in [3.63, 3.8) is 0 Å². The zero-order valence-corrected chi connectivity index (χ0v) is 10.7. The van der Waals surface area contributed by atoms with Crippen molar-refractivity contribution in [3.05, 3.63) is 46.5 Å². The van der Waals surface area contributed by atoms with E-state index in [0.717, 1.165) is 17.0 Å². The van der Waals surface area contributed by atoms with E-state index in [1.54, 1.807) is 0 Å². The van der Waals surface area contributed by atoms with Crippen LogP contribution in [0.25, 0.3) is 5.69 Å². The normalized spacial score (nSPS) is 11.6. The molecule has 0 aliphatic rings. The van der Waals surface area contributed by atoms with Gasteiger partial charge in [-0.15, -0.1) is 0 Å². The number of carboxylic acids is 1. The van der Waals surface area contributed by atoms with E-state index in [-0.39, 0.29) is 0 Å². The van der Waals surface area contributed by atoms with E-state index in [1.807, 2.05) is 0 Å².